The molecule has 0 atom stereocenters. The molecule has 9 nitrogen and oxygen atoms in total. The van der Waals surface area contributed by atoms with Crippen molar-refractivity contribution in [1.82, 2.24) is 5.32 Å². The molecule has 2 N–H and O–H groups in total. The number of nitro groups is 1. The molecule has 9 heteroatoms. The normalized spacial score (nSPS) is 13.3. The number of methoxy groups -OCH3 is 2. The number of anilines is 1. The van der Waals surface area contributed by atoms with E-state index >= 15 is 0 Å². The molecule has 41 heavy (non-hydrogen) atoms. The Balaban J connectivity index is 1.36. The second kappa shape index (κ2) is 12.5. The fraction of sp³-hybridized carbons (Fsp3) is 0.219. The van der Waals surface area contributed by atoms with Gasteiger partial charge in [-0.25, -0.2) is 0 Å². The predicted molar refractivity (Wildman–Crippen MR) is 158 cm³/mol. The highest BCUT2D eigenvalue weighted by Gasteiger charge is 2.20. The highest BCUT2D eigenvalue weighted by molar-refractivity contribution is 6.06. The van der Waals surface area contributed by atoms with Crippen LogP contribution in [-0.4, -0.2) is 44.2 Å². The number of rotatable bonds is 9. The van der Waals surface area contributed by atoms with Gasteiger partial charge in [0, 0.05) is 17.2 Å². The van der Waals surface area contributed by atoms with Crippen LogP contribution in [0.25, 0.3) is 22.3 Å². The third-order valence-corrected chi connectivity index (χ3v) is 7.06. The molecule has 1 aliphatic rings. The van der Waals surface area contributed by atoms with Gasteiger partial charge in [-0.05, 0) is 91.2 Å². The highest BCUT2D eigenvalue weighted by Crippen LogP contribution is 2.35. The third kappa shape index (κ3) is 6.47. The Labute approximate surface area is 238 Å². The molecule has 1 amide bonds. The molecule has 0 unspecified atom stereocenters. The number of amides is 1. The van der Waals surface area contributed by atoms with Crippen LogP contribution in [0.2, 0.25) is 0 Å². The number of ether oxygens (including phenoxy) is 3. The number of piperidine rings is 1. The van der Waals surface area contributed by atoms with Crippen LogP contribution in [0.15, 0.2) is 84.9 Å². The van der Waals surface area contributed by atoms with E-state index in [-0.39, 0.29) is 17.5 Å². The first-order valence-electron chi connectivity index (χ1n) is 13.3. The molecule has 1 heterocycles. The van der Waals surface area contributed by atoms with Crippen molar-refractivity contribution in [3.63, 3.8) is 0 Å². The number of carbonyl (C=O) groups is 1. The summed E-state index contributed by atoms with van der Waals surface area (Å²) in [5.41, 5.74) is 3.19. The van der Waals surface area contributed by atoms with Crippen molar-refractivity contribution in [3.8, 4) is 39.5 Å². The zero-order valence-electron chi connectivity index (χ0n) is 22.9. The van der Waals surface area contributed by atoms with Crippen LogP contribution in [0.5, 0.6) is 17.2 Å². The fourth-order valence-corrected chi connectivity index (χ4v) is 4.86. The van der Waals surface area contributed by atoms with Gasteiger partial charge in [0.05, 0.1) is 19.1 Å². The lowest BCUT2D eigenvalue weighted by Gasteiger charge is -2.23. The van der Waals surface area contributed by atoms with Gasteiger partial charge in [0.2, 0.25) is 0 Å². The standard InChI is InChI=1S/C32H31N3O6/c1-39-27-5-3-4-23(18-27)28-19-24(9-13-31(28)40-2)32(36)34-29-12-8-22(20-30(29)35(37)38)21-6-10-25(11-7-21)41-26-14-16-33-17-15-26/h3-13,18-20,26,33H,14-17H2,1-2H3,(H,34,36). The van der Waals surface area contributed by atoms with E-state index in [1.807, 2.05) is 48.5 Å². The van der Waals surface area contributed by atoms with Gasteiger partial charge in [-0.15, -0.1) is 0 Å². The molecule has 4 aromatic rings. The molecule has 5 rings (SSSR count). The van der Waals surface area contributed by atoms with Crippen LogP contribution >= 0.6 is 0 Å². The van der Waals surface area contributed by atoms with Crippen molar-refractivity contribution < 1.29 is 23.9 Å². The predicted octanol–water partition coefficient (Wildman–Crippen LogP) is 6.33. The lowest BCUT2D eigenvalue weighted by atomic mass is 10.0. The topological polar surface area (TPSA) is 112 Å². The van der Waals surface area contributed by atoms with E-state index in [1.54, 1.807) is 44.6 Å². The molecule has 1 fully saturated rings. The second-order valence-electron chi connectivity index (χ2n) is 9.68. The van der Waals surface area contributed by atoms with E-state index in [9.17, 15) is 14.9 Å². The van der Waals surface area contributed by atoms with Gasteiger partial charge in [0.1, 0.15) is 29.0 Å². The summed E-state index contributed by atoms with van der Waals surface area (Å²) in [5, 5.41) is 18.0. The molecular weight excluding hydrogens is 522 g/mol. The number of nitrogens with one attached hydrogen (secondary N) is 2. The van der Waals surface area contributed by atoms with Gasteiger partial charge in [0.25, 0.3) is 11.6 Å². The number of hydrogen-bond acceptors (Lipinski definition) is 7. The van der Waals surface area contributed by atoms with Crippen molar-refractivity contribution in [2.24, 2.45) is 0 Å². The highest BCUT2D eigenvalue weighted by atomic mass is 16.6. The van der Waals surface area contributed by atoms with Crippen LogP contribution < -0.4 is 24.8 Å². The van der Waals surface area contributed by atoms with Crippen LogP contribution in [0.1, 0.15) is 23.2 Å². The van der Waals surface area contributed by atoms with Crippen LogP contribution in [0.4, 0.5) is 11.4 Å². The molecule has 0 aliphatic carbocycles. The molecule has 0 spiro atoms. The summed E-state index contributed by atoms with van der Waals surface area (Å²) in [7, 11) is 3.14. The molecule has 1 saturated heterocycles. The maximum absolute atomic E-state index is 13.2. The minimum absolute atomic E-state index is 0.105. The minimum atomic E-state index is -0.497. The fourth-order valence-electron chi connectivity index (χ4n) is 4.86. The van der Waals surface area contributed by atoms with Crippen LogP contribution in [0, 0.1) is 10.1 Å². The Kier molecular flexibility index (Phi) is 8.45. The van der Waals surface area contributed by atoms with Crippen molar-refractivity contribution in [1.29, 1.82) is 0 Å². The zero-order valence-corrected chi connectivity index (χ0v) is 22.9. The van der Waals surface area contributed by atoms with Crippen LogP contribution in [-0.2, 0) is 0 Å². The Hall–Kier alpha value is -4.89. The maximum atomic E-state index is 13.2. The molecule has 210 valence electrons. The molecule has 0 radical (unpaired) electrons. The number of hydrogen-bond donors (Lipinski definition) is 2. The van der Waals surface area contributed by atoms with Gasteiger partial charge in [0.15, 0.2) is 0 Å². The second-order valence-corrected chi connectivity index (χ2v) is 9.68. The Morgan fingerprint density at radius 3 is 2.32 bits per heavy atom. The molecule has 0 saturated carbocycles. The van der Waals surface area contributed by atoms with Crippen LogP contribution in [0.3, 0.4) is 0 Å². The van der Waals surface area contributed by atoms with E-state index in [0.717, 1.165) is 42.8 Å². The average molecular weight is 554 g/mol. The van der Waals surface area contributed by atoms with Gasteiger partial charge in [-0.2, -0.15) is 0 Å². The quantitative estimate of drug-likeness (QED) is 0.184. The van der Waals surface area contributed by atoms with Gasteiger partial charge < -0.3 is 24.8 Å². The third-order valence-electron chi connectivity index (χ3n) is 7.06. The van der Waals surface area contributed by atoms with E-state index in [4.69, 9.17) is 14.2 Å². The summed E-state index contributed by atoms with van der Waals surface area (Å²) >= 11 is 0. The van der Waals surface area contributed by atoms with Crippen molar-refractivity contribution in [3.05, 3.63) is 101 Å². The van der Waals surface area contributed by atoms with E-state index in [0.29, 0.717) is 28.2 Å². The summed E-state index contributed by atoms with van der Waals surface area (Å²) in [5.74, 6) is 1.54. The zero-order chi connectivity index (χ0) is 28.8. The summed E-state index contributed by atoms with van der Waals surface area (Å²) in [4.78, 5) is 24.7. The smallest absolute Gasteiger partial charge is 0.293 e. The van der Waals surface area contributed by atoms with Gasteiger partial charge in [-0.3, -0.25) is 14.9 Å². The summed E-state index contributed by atoms with van der Waals surface area (Å²) in [6.07, 6.45) is 2.10. The maximum Gasteiger partial charge on any atom is 0.293 e. The minimum Gasteiger partial charge on any atom is -0.497 e. The van der Waals surface area contributed by atoms with Crippen molar-refractivity contribution in [2.45, 2.75) is 18.9 Å². The first-order valence-corrected chi connectivity index (χ1v) is 13.3. The monoisotopic (exact) mass is 553 g/mol. The molecule has 0 aromatic heterocycles. The van der Waals surface area contributed by atoms with Gasteiger partial charge in [-0.1, -0.05) is 30.3 Å². The number of benzene rings is 4. The summed E-state index contributed by atoms with van der Waals surface area (Å²) in [6, 6.07) is 24.7. The number of carbonyl (C=O) groups excluding carboxylic acids is 1. The molecule has 4 aromatic carbocycles. The first kappa shape index (κ1) is 27.7. The lowest BCUT2D eigenvalue weighted by molar-refractivity contribution is -0.383. The molecule has 1 aliphatic heterocycles. The Morgan fingerprint density at radius 2 is 1.61 bits per heavy atom. The lowest BCUT2D eigenvalue weighted by Crippen LogP contribution is -2.34. The van der Waals surface area contributed by atoms with Crippen molar-refractivity contribution in [2.75, 3.05) is 32.6 Å². The number of nitrogens with zero attached hydrogens (tertiary/aromatic N) is 1. The Morgan fingerprint density at radius 1 is 0.854 bits per heavy atom. The Bertz CT molecular complexity index is 1550. The molecular formula is C32H31N3O6. The SMILES string of the molecule is COc1cccc(-c2cc(C(=O)Nc3ccc(-c4ccc(OC5CCNCC5)cc4)cc3[N+](=O)[O-])ccc2OC)c1. The summed E-state index contributed by atoms with van der Waals surface area (Å²) < 4.78 is 16.9. The number of nitro benzene ring substituents is 1. The largest absolute Gasteiger partial charge is 0.497 e. The van der Waals surface area contributed by atoms with E-state index in [2.05, 4.69) is 10.6 Å². The first-order chi connectivity index (χ1) is 19.9. The average Bonchev–Trinajstić information content (AvgIpc) is 3.01. The van der Waals surface area contributed by atoms with E-state index in [1.165, 1.54) is 6.07 Å². The van der Waals surface area contributed by atoms with Crippen molar-refractivity contribution >= 4 is 17.3 Å². The summed E-state index contributed by atoms with van der Waals surface area (Å²) in [6.45, 7) is 1.88. The molecule has 0 bridgehead atoms. The van der Waals surface area contributed by atoms with E-state index < -0.39 is 10.8 Å². The van der Waals surface area contributed by atoms with Gasteiger partial charge >= 0.3 is 0 Å².